The maximum absolute atomic E-state index is 14.0. The topological polar surface area (TPSA) is 127 Å². The van der Waals surface area contributed by atoms with Crippen LogP contribution in [0.1, 0.15) is 24.4 Å². The quantitative estimate of drug-likeness (QED) is 0.711. The van der Waals surface area contributed by atoms with Crippen molar-refractivity contribution < 1.29 is 17.2 Å². The summed E-state index contributed by atoms with van der Waals surface area (Å²) in [6.07, 6.45) is 0. The molecule has 1 unspecified atom stereocenters. The third-order valence-electron chi connectivity index (χ3n) is 2.73. The van der Waals surface area contributed by atoms with E-state index >= 15 is 0 Å². The highest BCUT2D eigenvalue weighted by Crippen LogP contribution is 2.22. The number of nitrogens with two attached hydrogens (primary N) is 1. The Balaban J connectivity index is 2.36. The zero-order valence-corrected chi connectivity index (χ0v) is 11.7. The lowest BCUT2D eigenvalue weighted by Gasteiger charge is -2.13. The summed E-state index contributed by atoms with van der Waals surface area (Å²) in [5.74, 6) is -2.04. The minimum atomic E-state index is -4.23. The van der Waals surface area contributed by atoms with E-state index in [1.807, 2.05) is 0 Å². The summed E-state index contributed by atoms with van der Waals surface area (Å²) in [5, 5.41) is 12.7. The van der Waals surface area contributed by atoms with Crippen molar-refractivity contribution in [2.45, 2.75) is 24.4 Å². The van der Waals surface area contributed by atoms with Crippen molar-refractivity contribution in [3.05, 3.63) is 35.2 Å². The fraction of sp³-hybridized carbons (Fsp3) is 0.300. The molecule has 2 aromatic rings. The molecule has 8 nitrogen and oxygen atoms in total. The predicted molar refractivity (Wildman–Crippen MR) is 67.2 cm³/mol. The number of hydrogen-bond donors (Lipinski definition) is 3. The van der Waals surface area contributed by atoms with Gasteiger partial charge in [-0.2, -0.15) is 5.21 Å². The minimum absolute atomic E-state index is 0.0835. The molecule has 0 saturated carbocycles. The third kappa shape index (κ3) is 3.04. The second kappa shape index (κ2) is 5.79. The summed E-state index contributed by atoms with van der Waals surface area (Å²) in [5.41, 5.74) is 4.72. The van der Waals surface area contributed by atoms with Crippen molar-refractivity contribution in [3.8, 4) is 0 Å². The molecule has 11 heteroatoms. The summed E-state index contributed by atoms with van der Waals surface area (Å²) >= 11 is 0. The summed E-state index contributed by atoms with van der Waals surface area (Å²) in [4.78, 5) is -0.695. The van der Waals surface area contributed by atoms with Gasteiger partial charge in [0, 0.05) is 12.1 Å². The van der Waals surface area contributed by atoms with Gasteiger partial charge in [-0.15, -0.1) is 10.2 Å². The molecular weight excluding hydrogens is 306 g/mol. The number of nitrogens with one attached hydrogen (secondary N) is 2. The lowest BCUT2D eigenvalue weighted by molar-refractivity contribution is 0.520. The van der Waals surface area contributed by atoms with Gasteiger partial charge in [-0.05, 0) is 19.1 Å². The van der Waals surface area contributed by atoms with Crippen LogP contribution in [0, 0.1) is 11.6 Å². The van der Waals surface area contributed by atoms with Crippen LogP contribution in [0.15, 0.2) is 17.0 Å². The van der Waals surface area contributed by atoms with Gasteiger partial charge in [0.2, 0.25) is 10.0 Å². The van der Waals surface area contributed by atoms with Gasteiger partial charge in [-0.25, -0.2) is 21.9 Å². The van der Waals surface area contributed by atoms with Gasteiger partial charge in [-0.1, -0.05) is 5.21 Å². The Labute approximate surface area is 118 Å². The van der Waals surface area contributed by atoms with Gasteiger partial charge in [0.15, 0.2) is 11.6 Å². The van der Waals surface area contributed by atoms with Crippen LogP contribution in [0.5, 0.6) is 0 Å². The molecule has 0 spiro atoms. The van der Waals surface area contributed by atoms with Crippen molar-refractivity contribution in [1.29, 1.82) is 0 Å². The molecular formula is C10H12F2N6O2S. The molecule has 1 aromatic carbocycles. The molecule has 0 aliphatic heterocycles. The maximum Gasteiger partial charge on any atom is 0.244 e. The third-order valence-corrected chi connectivity index (χ3v) is 4.28. The number of hydrogen-bond acceptors (Lipinski definition) is 6. The van der Waals surface area contributed by atoms with Gasteiger partial charge in [-0.3, -0.25) is 0 Å². The second-order valence-electron chi connectivity index (χ2n) is 4.16. The summed E-state index contributed by atoms with van der Waals surface area (Å²) in [6.45, 7) is 0.995. The van der Waals surface area contributed by atoms with Gasteiger partial charge in [0.05, 0.1) is 6.04 Å². The lowest BCUT2D eigenvalue weighted by atomic mass is 10.2. The first kappa shape index (κ1) is 15.4. The number of tetrazole rings is 1. The Bertz CT molecular complexity index is 734. The van der Waals surface area contributed by atoms with Crippen LogP contribution in [0.2, 0.25) is 0 Å². The molecule has 0 amide bonds. The second-order valence-corrected chi connectivity index (χ2v) is 5.84. The van der Waals surface area contributed by atoms with Crippen LogP contribution in [-0.2, 0) is 16.6 Å². The van der Waals surface area contributed by atoms with Crippen molar-refractivity contribution in [2.75, 3.05) is 0 Å². The van der Waals surface area contributed by atoms with Gasteiger partial charge < -0.3 is 5.73 Å². The molecule has 1 atom stereocenters. The van der Waals surface area contributed by atoms with E-state index < -0.39 is 44.7 Å². The Hall–Kier alpha value is -1.98. The largest absolute Gasteiger partial charge is 0.326 e. The molecule has 0 saturated heterocycles. The fourth-order valence-electron chi connectivity index (χ4n) is 1.67. The van der Waals surface area contributed by atoms with Crippen LogP contribution in [-0.4, -0.2) is 29.0 Å². The summed E-state index contributed by atoms with van der Waals surface area (Å²) in [6, 6.07) is 0.827. The summed E-state index contributed by atoms with van der Waals surface area (Å²) in [7, 11) is -4.23. The first-order chi connectivity index (χ1) is 9.86. The molecule has 2 rings (SSSR count). The number of halogens is 2. The zero-order valence-electron chi connectivity index (χ0n) is 10.8. The number of nitrogens with zero attached hydrogens (tertiary/aromatic N) is 3. The Morgan fingerprint density at radius 1 is 1.43 bits per heavy atom. The van der Waals surface area contributed by atoms with Crippen molar-refractivity contribution in [3.63, 3.8) is 0 Å². The lowest BCUT2D eigenvalue weighted by Crippen LogP contribution is -2.29. The number of aromatic amines is 1. The molecule has 0 aliphatic rings. The minimum Gasteiger partial charge on any atom is -0.326 e. The Morgan fingerprint density at radius 3 is 2.71 bits per heavy atom. The van der Waals surface area contributed by atoms with E-state index in [-0.39, 0.29) is 5.82 Å². The van der Waals surface area contributed by atoms with Crippen molar-refractivity contribution in [1.82, 2.24) is 25.3 Å². The highest BCUT2D eigenvalue weighted by Gasteiger charge is 2.26. The summed E-state index contributed by atoms with van der Waals surface area (Å²) < 4.78 is 53.8. The SMILES string of the molecule is CC(NS(=O)(=O)c1ccc(F)c(CN)c1F)c1nn[nH]n1. The molecule has 0 aliphatic carbocycles. The van der Waals surface area contributed by atoms with E-state index in [1.165, 1.54) is 6.92 Å². The van der Waals surface area contributed by atoms with E-state index in [0.717, 1.165) is 12.1 Å². The van der Waals surface area contributed by atoms with E-state index in [1.54, 1.807) is 0 Å². The maximum atomic E-state index is 14.0. The first-order valence-corrected chi connectivity index (χ1v) is 7.27. The zero-order chi connectivity index (χ0) is 15.6. The van der Waals surface area contributed by atoms with Crippen LogP contribution >= 0.6 is 0 Å². The Kier molecular flexibility index (Phi) is 4.25. The van der Waals surface area contributed by atoms with Crippen LogP contribution < -0.4 is 10.5 Å². The van der Waals surface area contributed by atoms with Gasteiger partial charge in [0.25, 0.3) is 0 Å². The molecule has 0 radical (unpaired) electrons. The number of sulfonamides is 1. The highest BCUT2D eigenvalue weighted by molar-refractivity contribution is 7.89. The normalized spacial score (nSPS) is 13.3. The first-order valence-electron chi connectivity index (χ1n) is 5.79. The van der Waals surface area contributed by atoms with Crippen LogP contribution in [0.4, 0.5) is 8.78 Å². The standard InChI is InChI=1S/C10H12F2N6O2S/c1-5(10-14-17-18-15-10)16-21(19,20)8-3-2-7(11)6(4-13)9(8)12/h2-3,5,16H,4,13H2,1H3,(H,14,15,17,18). The van der Waals surface area contributed by atoms with E-state index in [0.29, 0.717) is 0 Å². The average Bonchev–Trinajstić information content (AvgIpc) is 2.92. The van der Waals surface area contributed by atoms with Gasteiger partial charge >= 0.3 is 0 Å². The number of rotatable bonds is 5. The molecule has 114 valence electrons. The van der Waals surface area contributed by atoms with Gasteiger partial charge in [0.1, 0.15) is 10.7 Å². The van der Waals surface area contributed by atoms with Crippen LogP contribution in [0.3, 0.4) is 0 Å². The number of H-pyrrole nitrogens is 1. The average molecular weight is 318 g/mol. The predicted octanol–water partition coefficient (Wildman–Crippen LogP) is -0.0239. The van der Waals surface area contributed by atoms with Crippen LogP contribution in [0.25, 0.3) is 0 Å². The molecule has 21 heavy (non-hydrogen) atoms. The Morgan fingerprint density at radius 2 is 2.14 bits per heavy atom. The van der Waals surface area contributed by atoms with Crippen molar-refractivity contribution >= 4 is 10.0 Å². The van der Waals surface area contributed by atoms with E-state index in [2.05, 4.69) is 25.3 Å². The van der Waals surface area contributed by atoms with E-state index in [9.17, 15) is 17.2 Å². The number of benzene rings is 1. The number of aromatic nitrogens is 4. The fourth-order valence-corrected chi connectivity index (χ4v) is 2.98. The van der Waals surface area contributed by atoms with E-state index in [4.69, 9.17) is 5.73 Å². The molecule has 1 aromatic heterocycles. The molecule has 1 heterocycles. The van der Waals surface area contributed by atoms with Crippen molar-refractivity contribution in [2.24, 2.45) is 5.73 Å². The molecule has 0 bridgehead atoms. The molecule has 0 fully saturated rings. The smallest absolute Gasteiger partial charge is 0.244 e. The molecule has 4 N–H and O–H groups in total. The monoisotopic (exact) mass is 318 g/mol. The highest BCUT2D eigenvalue weighted by atomic mass is 32.2.